The number of thioether (sulfide) groups is 1. The first-order valence-electron chi connectivity index (χ1n) is 7.76. The second-order valence-electron chi connectivity index (χ2n) is 5.42. The van der Waals surface area contributed by atoms with Crippen LogP contribution in [0.5, 0.6) is 0 Å². The first-order valence-corrected chi connectivity index (χ1v) is 8.98. The van der Waals surface area contributed by atoms with Crippen molar-refractivity contribution >= 4 is 40.2 Å². The second-order valence-corrected chi connectivity index (χ2v) is 6.30. The average molecular weight is 344 g/mol. The van der Waals surface area contributed by atoms with Crippen molar-refractivity contribution in [3.05, 3.63) is 77.9 Å². The van der Waals surface area contributed by atoms with Gasteiger partial charge in [0.05, 0.1) is 0 Å². The zero-order valence-electron chi connectivity index (χ0n) is 13.7. The fourth-order valence-electron chi connectivity index (χ4n) is 2.54. The number of fused-ring (bicyclic) bond motifs is 1. The largest absolute Gasteiger partial charge is 0.321 e. The van der Waals surface area contributed by atoms with Crippen LogP contribution in [0.3, 0.4) is 0 Å². The molecule has 0 spiro atoms. The third-order valence-electron chi connectivity index (χ3n) is 3.83. The molecular formula is C21H16N2OS. The molecule has 0 unspecified atom stereocenters. The Morgan fingerprint density at radius 2 is 1.76 bits per heavy atom. The molecule has 0 fully saturated rings. The zero-order chi connectivity index (χ0) is 17.6. The summed E-state index contributed by atoms with van der Waals surface area (Å²) in [5, 5.41) is 14.2. The van der Waals surface area contributed by atoms with Crippen molar-refractivity contribution < 1.29 is 4.79 Å². The summed E-state index contributed by atoms with van der Waals surface area (Å²) in [5.74, 6) is -0.409. The van der Waals surface area contributed by atoms with Crippen molar-refractivity contribution in [2.45, 2.75) is 4.90 Å². The number of nitrogens with one attached hydrogen (secondary N) is 1. The maximum atomic E-state index is 12.5. The van der Waals surface area contributed by atoms with Gasteiger partial charge in [-0.15, -0.1) is 11.8 Å². The molecule has 1 amide bonds. The van der Waals surface area contributed by atoms with E-state index in [1.165, 1.54) is 0 Å². The number of rotatable bonds is 4. The summed E-state index contributed by atoms with van der Waals surface area (Å²) in [6.07, 6.45) is 3.60. The number of hydrogen-bond acceptors (Lipinski definition) is 3. The van der Waals surface area contributed by atoms with E-state index in [-0.39, 0.29) is 5.57 Å². The van der Waals surface area contributed by atoms with Crippen molar-refractivity contribution in [3.8, 4) is 6.07 Å². The molecule has 3 rings (SSSR count). The molecule has 0 heterocycles. The fraction of sp³-hybridized carbons (Fsp3) is 0.0476. The van der Waals surface area contributed by atoms with E-state index in [1.807, 2.05) is 79.1 Å². The highest BCUT2D eigenvalue weighted by Crippen LogP contribution is 2.23. The molecule has 25 heavy (non-hydrogen) atoms. The van der Waals surface area contributed by atoms with Gasteiger partial charge in [-0.3, -0.25) is 4.79 Å². The number of nitriles is 1. The molecule has 0 aromatic heterocycles. The molecule has 0 aliphatic carbocycles. The highest BCUT2D eigenvalue weighted by molar-refractivity contribution is 7.98. The van der Waals surface area contributed by atoms with E-state index < -0.39 is 5.91 Å². The van der Waals surface area contributed by atoms with Crippen LogP contribution in [0, 0.1) is 11.3 Å². The van der Waals surface area contributed by atoms with Gasteiger partial charge in [0.15, 0.2) is 0 Å². The van der Waals surface area contributed by atoms with Gasteiger partial charge in [0, 0.05) is 16.0 Å². The number of anilines is 1. The number of hydrogen-bond donors (Lipinski definition) is 1. The van der Waals surface area contributed by atoms with E-state index in [4.69, 9.17) is 0 Å². The Labute approximate surface area is 151 Å². The fourth-order valence-corrected chi connectivity index (χ4v) is 2.95. The highest BCUT2D eigenvalue weighted by atomic mass is 32.2. The van der Waals surface area contributed by atoms with Gasteiger partial charge in [-0.2, -0.15) is 5.26 Å². The molecule has 0 aliphatic heterocycles. The minimum atomic E-state index is -0.409. The standard InChI is InChI=1S/C21H16N2OS/c1-25-18-11-9-15(10-12-18)13-17(14-22)21(24)23-20-8-4-6-16-5-2-3-7-19(16)20/h2-13H,1H3,(H,23,24)/b17-13+. The van der Waals surface area contributed by atoms with Gasteiger partial charge in [-0.1, -0.05) is 48.5 Å². The molecule has 3 aromatic carbocycles. The Morgan fingerprint density at radius 1 is 1.04 bits per heavy atom. The van der Waals surface area contributed by atoms with E-state index >= 15 is 0 Å². The van der Waals surface area contributed by atoms with Gasteiger partial charge in [-0.05, 0) is 41.5 Å². The Bertz CT molecular complexity index is 979. The smallest absolute Gasteiger partial charge is 0.266 e. The quantitative estimate of drug-likeness (QED) is 0.407. The van der Waals surface area contributed by atoms with Gasteiger partial charge >= 0.3 is 0 Å². The molecule has 0 bridgehead atoms. The minimum Gasteiger partial charge on any atom is -0.321 e. The lowest BCUT2D eigenvalue weighted by atomic mass is 10.1. The lowest BCUT2D eigenvalue weighted by molar-refractivity contribution is -0.112. The normalized spacial score (nSPS) is 11.1. The first kappa shape index (κ1) is 16.8. The van der Waals surface area contributed by atoms with Crippen LogP contribution in [0.25, 0.3) is 16.8 Å². The van der Waals surface area contributed by atoms with E-state index in [2.05, 4.69) is 5.32 Å². The summed E-state index contributed by atoms with van der Waals surface area (Å²) in [5.41, 5.74) is 1.59. The highest BCUT2D eigenvalue weighted by Gasteiger charge is 2.11. The molecule has 0 atom stereocenters. The molecular weight excluding hydrogens is 328 g/mol. The maximum absolute atomic E-state index is 12.5. The monoisotopic (exact) mass is 344 g/mol. The predicted molar refractivity (Wildman–Crippen MR) is 104 cm³/mol. The molecule has 0 saturated heterocycles. The summed E-state index contributed by atoms with van der Waals surface area (Å²) < 4.78 is 0. The first-order chi connectivity index (χ1) is 12.2. The zero-order valence-corrected chi connectivity index (χ0v) is 14.5. The van der Waals surface area contributed by atoms with Crippen molar-refractivity contribution in [2.75, 3.05) is 11.6 Å². The van der Waals surface area contributed by atoms with Crippen LogP contribution in [0.15, 0.2) is 77.2 Å². The second kappa shape index (κ2) is 7.69. The van der Waals surface area contributed by atoms with Gasteiger partial charge in [0.1, 0.15) is 11.6 Å². The van der Waals surface area contributed by atoms with Gasteiger partial charge < -0.3 is 5.32 Å². The molecule has 4 heteroatoms. The lowest BCUT2D eigenvalue weighted by Gasteiger charge is -2.08. The van der Waals surface area contributed by atoms with Gasteiger partial charge in [0.25, 0.3) is 5.91 Å². The van der Waals surface area contributed by atoms with Crippen LogP contribution in [0.4, 0.5) is 5.69 Å². The molecule has 3 nitrogen and oxygen atoms in total. The summed E-state index contributed by atoms with van der Waals surface area (Å²) in [6.45, 7) is 0. The number of benzene rings is 3. The van der Waals surface area contributed by atoms with Crippen molar-refractivity contribution in [1.82, 2.24) is 0 Å². The van der Waals surface area contributed by atoms with Crippen LogP contribution in [0.1, 0.15) is 5.56 Å². The Hall–Kier alpha value is -3.03. The van der Waals surface area contributed by atoms with Crippen LogP contribution < -0.4 is 5.32 Å². The van der Waals surface area contributed by atoms with E-state index in [9.17, 15) is 10.1 Å². The molecule has 0 radical (unpaired) electrons. The van der Waals surface area contributed by atoms with Crippen molar-refractivity contribution in [2.24, 2.45) is 0 Å². The van der Waals surface area contributed by atoms with E-state index in [0.717, 1.165) is 21.2 Å². The van der Waals surface area contributed by atoms with Crippen LogP contribution in [0.2, 0.25) is 0 Å². The van der Waals surface area contributed by atoms with Gasteiger partial charge in [0.2, 0.25) is 0 Å². The number of carbonyl (C=O) groups is 1. The third kappa shape index (κ3) is 3.90. The van der Waals surface area contributed by atoms with Crippen molar-refractivity contribution in [1.29, 1.82) is 5.26 Å². The molecule has 1 N–H and O–H groups in total. The number of carbonyl (C=O) groups excluding carboxylic acids is 1. The molecule has 0 saturated carbocycles. The average Bonchev–Trinajstić information content (AvgIpc) is 2.66. The molecule has 122 valence electrons. The van der Waals surface area contributed by atoms with E-state index in [0.29, 0.717) is 5.69 Å². The third-order valence-corrected chi connectivity index (χ3v) is 4.57. The topological polar surface area (TPSA) is 52.9 Å². The number of amides is 1. The summed E-state index contributed by atoms with van der Waals surface area (Å²) in [7, 11) is 0. The lowest BCUT2D eigenvalue weighted by Crippen LogP contribution is -2.13. The van der Waals surface area contributed by atoms with Crippen molar-refractivity contribution in [3.63, 3.8) is 0 Å². The SMILES string of the molecule is CSc1ccc(/C=C(\C#N)C(=O)Nc2cccc3ccccc23)cc1. The Morgan fingerprint density at radius 3 is 2.48 bits per heavy atom. The number of nitrogens with zero attached hydrogens (tertiary/aromatic N) is 1. The van der Waals surface area contributed by atoms with Gasteiger partial charge in [-0.25, -0.2) is 0 Å². The summed E-state index contributed by atoms with van der Waals surface area (Å²) in [4.78, 5) is 13.6. The van der Waals surface area contributed by atoms with Crippen LogP contribution >= 0.6 is 11.8 Å². The van der Waals surface area contributed by atoms with E-state index in [1.54, 1.807) is 17.8 Å². The Balaban J connectivity index is 1.87. The molecule has 0 aliphatic rings. The summed E-state index contributed by atoms with van der Waals surface area (Å²) >= 11 is 1.65. The maximum Gasteiger partial charge on any atom is 0.266 e. The predicted octanol–water partition coefficient (Wildman–Crippen LogP) is 5.11. The summed E-state index contributed by atoms with van der Waals surface area (Å²) in [6, 6.07) is 23.2. The van der Waals surface area contributed by atoms with Crippen LogP contribution in [-0.2, 0) is 4.79 Å². The molecule has 3 aromatic rings. The Kier molecular flexibility index (Phi) is 5.17. The van der Waals surface area contributed by atoms with Crippen LogP contribution in [-0.4, -0.2) is 12.2 Å². The minimum absolute atomic E-state index is 0.0739.